The molecule has 1 heterocycles. The molecule has 1 aromatic heterocycles. The fraction of sp³-hybridized carbons (Fsp3) is 0.300. The predicted octanol–water partition coefficient (Wildman–Crippen LogP) is 5.37. The Morgan fingerprint density at radius 3 is 2.40 bits per heavy atom. The molecule has 4 aromatic rings. The summed E-state index contributed by atoms with van der Waals surface area (Å²) in [6.07, 6.45) is -0.527. The van der Waals surface area contributed by atoms with Gasteiger partial charge in [-0.2, -0.15) is 0 Å². The van der Waals surface area contributed by atoms with Crippen molar-refractivity contribution in [1.82, 2.24) is 14.5 Å². The summed E-state index contributed by atoms with van der Waals surface area (Å²) in [5, 5.41) is 0.392. The first-order valence-electron chi connectivity index (χ1n) is 13.0. The van der Waals surface area contributed by atoms with Crippen LogP contribution in [0, 0.1) is 17.5 Å². The molecule has 210 valence electrons. The van der Waals surface area contributed by atoms with Gasteiger partial charge in [-0.25, -0.2) is 18.2 Å². The molecule has 0 saturated carbocycles. The van der Waals surface area contributed by atoms with Crippen LogP contribution in [0.15, 0.2) is 65.5 Å². The van der Waals surface area contributed by atoms with Gasteiger partial charge in [0.15, 0.2) is 17.5 Å². The number of nitrogens with zero attached hydrogens (tertiary/aromatic N) is 3. The van der Waals surface area contributed by atoms with Crippen molar-refractivity contribution in [2.45, 2.75) is 33.2 Å². The van der Waals surface area contributed by atoms with Crippen molar-refractivity contribution in [3.05, 3.63) is 99.9 Å². The van der Waals surface area contributed by atoms with E-state index in [9.17, 15) is 22.8 Å². The first-order valence-corrected chi connectivity index (χ1v) is 13.0. The number of hydrogen-bond acceptors (Lipinski definition) is 5. The molecule has 1 amide bonds. The molecular weight excluding hydrogens is 523 g/mol. The first kappa shape index (κ1) is 28.8. The first-order chi connectivity index (χ1) is 19.3. The minimum absolute atomic E-state index is 0.0884. The number of halogens is 3. The molecule has 0 N–H and O–H groups in total. The maximum atomic E-state index is 14.4. The fourth-order valence-electron chi connectivity index (χ4n) is 4.49. The summed E-state index contributed by atoms with van der Waals surface area (Å²) >= 11 is 0. The zero-order chi connectivity index (χ0) is 28.8. The number of amides is 1. The number of carbonyl (C=O) groups is 1. The van der Waals surface area contributed by atoms with Crippen LogP contribution in [0.4, 0.5) is 13.2 Å². The van der Waals surface area contributed by atoms with Crippen molar-refractivity contribution in [3.63, 3.8) is 0 Å². The molecule has 0 bridgehead atoms. The Balaban J connectivity index is 1.81. The Labute approximate surface area is 229 Å². The van der Waals surface area contributed by atoms with Crippen molar-refractivity contribution < 1.29 is 27.4 Å². The Morgan fingerprint density at radius 2 is 1.70 bits per heavy atom. The summed E-state index contributed by atoms with van der Waals surface area (Å²) in [6.45, 7) is 6.51. The van der Waals surface area contributed by atoms with Crippen molar-refractivity contribution in [2.24, 2.45) is 0 Å². The molecule has 40 heavy (non-hydrogen) atoms. The van der Waals surface area contributed by atoms with Gasteiger partial charge in [0, 0.05) is 18.7 Å². The van der Waals surface area contributed by atoms with E-state index in [2.05, 4.69) is 0 Å². The van der Waals surface area contributed by atoms with Gasteiger partial charge in [0.05, 0.1) is 42.3 Å². The summed E-state index contributed by atoms with van der Waals surface area (Å²) in [5.74, 6) is -4.07. The normalized spacial score (nSPS) is 11.9. The number of para-hydroxylation sites is 1. The van der Waals surface area contributed by atoms with E-state index in [1.54, 1.807) is 62.4 Å². The largest absolute Gasteiger partial charge is 0.494 e. The SMILES string of the molecule is CCOCCN(C(=O)Cc1ccc(F)c(F)c1F)C(C)c1nc2ccccc2c(=O)n1-c1ccc(OCC)cc1. The van der Waals surface area contributed by atoms with Crippen molar-refractivity contribution in [1.29, 1.82) is 0 Å². The summed E-state index contributed by atoms with van der Waals surface area (Å²) in [6, 6.07) is 14.8. The second-order valence-electron chi connectivity index (χ2n) is 9.03. The maximum absolute atomic E-state index is 14.4. The van der Waals surface area contributed by atoms with Gasteiger partial charge in [0.25, 0.3) is 5.56 Å². The van der Waals surface area contributed by atoms with Crippen molar-refractivity contribution in [3.8, 4) is 11.4 Å². The molecule has 0 aliphatic rings. The molecule has 0 spiro atoms. The van der Waals surface area contributed by atoms with E-state index in [4.69, 9.17) is 14.5 Å². The lowest BCUT2D eigenvalue weighted by molar-refractivity contribution is -0.133. The van der Waals surface area contributed by atoms with Gasteiger partial charge in [-0.3, -0.25) is 14.2 Å². The average Bonchev–Trinajstić information content (AvgIpc) is 2.96. The van der Waals surface area contributed by atoms with Crippen LogP contribution in [0.2, 0.25) is 0 Å². The van der Waals surface area contributed by atoms with Crippen LogP contribution in [-0.2, 0) is 16.0 Å². The smallest absolute Gasteiger partial charge is 0.266 e. The number of hydrogen-bond donors (Lipinski definition) is 0. The van der Waals surface area contributed by atoms with E-state index in [0.29, 0.717) is 35.6 Å². The zero-order valence-corrected chi connectivity index (χ0v) is 22.5. The maximum Gasteiger partial charge on any atom is 0.266 e. The van der Waals surface area contributed by atoms with Gasteiger partial charge in [-0.1, -0.05) is 18.2 Å². The zero-order valence-electron chi connectivity index (χ0n) is 22.5. The number of carbonyl (C=O) groups excluding carboxylic acids is 1. The van der Waals surface area contributed by atoms with Gasteiger partial charge in [0.1, 0.15) is 11.6 Å². The third kappa shape index (κ3) is 6.02. The molecule has 0 fully saturated rings. The van der Waals surface area contributed by atoms with E-state index in [1.807, 2.05) is 6.92 Å². The quantitative estimate of drug-likeness (QED) is 0.184. The van der Waals surface area contributed by atoms with Gasteiger partial charge in [0.2, 0.25) is 5.91 Å². The Morgan fingerprint density at radius 1 is 0.975 bits per heavy atom. The minimum atomic E-state index is -1.64. The molecule has 0 aliphatic heterocycles. The molecule has 1 unspecified atom stereocenters. The monoisotopic (exact) mass is 553 g/mol. The number of fused-ring (bicyclic) bond motifs is 1. The van der Waals surface area contributed by atoms with Crippen molar-refractivity contribution >= 4 is 16.8 Å². The molecule has 0 radical (unpaired) electrons. The van der Waals surface area contributed by atoms with Crippen LogP contribution in [0.5, 0.6) is 5.75 Å². The molecule has 4 rings (SSSR count). The Hall–Kier alpha value is -4.18. The van der Waals surface area contributed by atoms with Crippen LogP contribution < -0.4 is 10.3 Å². The number of ether oxygens (including phenoxy) is 2. The summed E-state index contributed by atoms with van der Waals surface area (Å²) in [5.41, 5.74) is 0.339. The number of rotatable bonds is 11. The van der Waals surface area contributed by atoms with Gasteiger partial charge in [-0.15, -0.1) is 0 Å². The van der Waals surface area contributed by atoms with E-state index >= 15 is 0 Å². The Kier molecular flexibility index (Phi) is 9.21. The predicted molar refractivity (Wildman–Crippen MR) is 145 cm³/mol. The fourth-order valence-corrected chi connectivity index (χ4v) is 4.49. The van der Waals surface area contributed by atoms with Crippen LogP contribution in [0.3, 0.4) is 0 Å². The lowest BCUT2D eigenvalue weighted by atomic mass is 10.1. The molecule has 7 nitrogen and oxygen atoms in total. The molecule has 0 saturated heterocycles. The third-order valence-electron chi connectivity index (χ3n) is 6.51. The second kappa shape index (κ2) is 12.8. The lowest BCUT2D eigenvalue weighted by Gasteiger charge is -2.31. The topological polar surface area (TPSA) is 73.7 Å². The Bertz CT molecular complexity index is 1560. The van der Waals surface area contributed by atoms with Crippen LogP contribution in [0.25, 0.3) is 16.6 Å². The molecule has 3 aromatic carbocycles. The van der Waals surface area contributed by atoms with Crippen LogP contribution in [-0.4, -0.2) is 46.7 Å². The van der Waals surface area contributed by atoms with Crippen LogP contribution >= 0.6 is 0 Å². The van der Waals surface area contributed by atoms with Gasteiger partial charge < -0.3 is 14.4 Å². The number of benzene rings is 3. The number of aromatic nitrogens is 2. The standard InChI is InChI=1S/C30H30F3N3O4/c1-4-39-17-16-35(26(37)18-20-10-15-24(31)28(33)27(20)32)19(3)29-34-25-9-7-6-8-23(25)30(38)36(29)21-11-13-22(14-12-21)40-5-2/h6-15,19H,4-5,16-18H2,1-3H3. The lowest BCUT2D eigenvalue weighted by Crippen LogP contribution is -2.40. The average molecular weight is 554 g/mol. The van der Waals surface area contributed by atoms with E-state index in [-0.39, 0.29) is 30.1 Å². The molecule has 1 atom stereocenters. The highest BCUT2D eigenvalue weighted by molar-refractivity contribution is 5.80. The van der Waals surface area contributed by atoms with E-state index < -0.39 is 35.8 Å². The molecular formula is C30H30F3N3O4. The summed E-state index contributed by atoms with van der Waals surface area (Å²) < 4.78 is 54.2. The minimum Gasteiger partial charge on any atom is -0.494 e. The highest BCUT2D eigenvalue weighted by Crippen LogP contribution is 2.25. The summed E-state index contributed by atoms with van der Waals surface area (Å²) in [7, 11) is 0. The van der Waals surface area contributed by atoms with Crippen molar-refractivity contribution in [2.75, 3.05) is 26.4 Å². The van der Waals surface area contributed by atoms with Gasteiger partial charge >= 0.3 is 0 Å². The highest BCUT2D eigenvalue weighted by atomic mass is 19.2. The van der Waals surface area contributed by atoms with Crippen LogP contribution in [0.1, 0.15) is 38.2 Å². The van der Waals surface area contributed by atoms with E-state index in [1.165, 1.54) is 9.47 Å². The van der Waals surface area contributed by atoms with Gasteiger partial charge in [-0.05, 0) is 63.2 Å². The second-order valence-corrected chi connectivity index (χ2v) is 9.03. The highest BCUT2D eigenvalue weighted by Gasteiger charge is 2.28. The third-order valence-corrected chi connectivity index (χ3v) is 6.51. The molecule has 0 aliphatic carbocycles. The van der Waals surface area contributed by atoms with E-state index in [0.717, 1.165) is 12.1 Å². The molecule has 10 heteroatoms. The summed E-state index contributed by atoms with van der Waals surface area (Å²) in [4.78, 5) is 33.5.